The number of halogens is 1. The highest BCUT2D eigenvalue weighted by Crippen LogP contribution is 2.25. The fourth-order valence-electron chi connectivity index (χ4n) is 1.65. The minimum Gasteiger partial charge on any atom is -0.508 e. The van der Waals surface area contributed by atoms with Crippen molar-refractivity contribution in [3.8, 4) is 11.5 Å². The lowest BCUT2D eigenvalue weighted by Gasteiger charge is -2.18. The maximum Gasteiger partial charge on any atom is 0.259 e. The van der Waals surface area contributed by atoms with Crippen LogP contribution in [0.15, 0.2) is 42.5 Å². The standard InChI is InChI=1S/C14H12ClNO3/c1-16(9-2-4-10(17)5-3-9)14(19)12-7-6-11(18)8-13(12)15/h2-8,17-18H,1H3. The fraction of sp³-hybridized carbons (Fsp3) is 0.0714. The first-order valence-electron chi connectivity index (χ1n) is 5.54. The maximum atomic E-state index is 12.3. The molecule has 2 aromatic carbocycles. The van der Waals surface area contributed by atoms with Gasteiger partial charge >= 0.3 is 0 Å². The topological polar surface area (TPSA) is 60.8 Å². The van der Waals surface area contributed by atoms with E-state index in [0.29, 0.717) is 11.3 Å². The average molecular weight is 278 g/mol. The Kier molecular flexibility index (Phi) is 3.62. The van der Waals surface area contributed by atoms with Crippen molar-refractivity contribution in [3.05, 3.63) is 53.1 Å². The van der Waals surface area contributed by atoms with E-state index in [1.807, 2.05) is 0 Å². The Morgan fingerprint density at radius 2 is 1.63 bits per heavy atom. The van der Waals surface area contributed by atoms with Gasteiger partial charge in [-0.25, -0.2) is 0 Å². The predicted octanol–water partition coefficient (Wildman–Crippen LogP) is 3.03. The molecule has 5 heteroatoms. The summed E-state index contributed by atoms with van der Waals surface area (Å²) < 4.78 is 0. The van der Waals surface area contributed by atoms with Crippen molar-refractivity contribution in [2.75, 3.05) is 11.9 Å². The molecule has 2 aromatic rings. The Balaban J connectivity index is 2.30. The molecule has 2 rings (SSSR count). The molecular weight excluding hydrogens is 266 g/mol. The SMILES string of the molecule is CN(C(=O)c1ccc(O)cc1Cl)c1ccc(O)cc1. The number of anilines is 1. The number of carbonyl (C=O) groups excluding carboxylic acids is 1. The highest BCUT2D eigenvalue weighted by atomic mass is 35.5. The normalized spacial score (nSPS) is 10.2. The van der Waals surface area contributed by atoms with E-state index >= 15 is 0 Å². The van der Waals surface area contributed by atoms with Gasteiger partial charge in [0.1, 0.15) is 11.5 Å². The molecule has 0 radical (unpaired) electrons. The average Bonchev–Trinajstić information content (AvgIpc) is 2.38. The number of phenols is 2. The third-order valence-electron chi connectivity index (χ3n) is 2.72. The summed E-state index contributed by atoms with van der Waals surface area (Å²) in [5, 5.41) is 18.7. The molecule has 0 bridgehead atoms. The Bertz CT molecular complexity index is 611. The Hall–Kier alpha value is -2.20. The van der Waals surface area contributed by atoms with Gasteiger partial charge in [0.2, 0.25) is 0 Å². The molecule has 0 aliphatic rings. The lowest BCUT2D eigenvalue weighted by Crippen LogP contribution is -2.26. The van der Waals surface area contributed by atoms with Crippen LogP contribution in [-0.4, -0.2) is 23.2 Å². The van der Waals surface area contributed by atoms with Crippen LogP contribution in [0, 0.1) is 0 Å². The van der Waals surface area contributed by atoms with Gasteiger partial charge in [-0.1, -0.05) is 11.6 Å². The van der Waals surface area contributed by atoms with E-state index in [0.717, 1.165) is 0 Å². The van der Waals surface area contributed by atoms with Gasteiger partial charge in [-0.3, -0.25) is 4.79 Å². The number of benzene rings is 2. The highest BCUT2D eigenvalue weighted by molar-refractivity contribution is 6.34. The minimum atomic E-state index is -0.296. The molecule has 4 nitrogen and oxygen atoms in total. The number of hydrogen-bond donors (Lipinski definition) is 2. The summed E-state index contributed by atoms with van der Waals surface area (Å²) in [5.41, 5.74) is 0.932. The van der Waals surface area contributed by atoms with E-state index in [1.165, 1.54) is 35.2 Å². The number of hydrogen-bond acceptors (Lipinski definition) is 3. The Morgan fingerprint density at radius 3 is 2.21 bits per heavy atom. The molecule has 0 atom stereocenters. The molecule has 0 saturated heterocycles. The number of aromatic hydroxyl groups is 2. The number of carbonyl (C=O) groups is 1. The largest absolute Gasteiger partial charge is 0.508 e. The summed E-state index contributed by atoms with van der Waals surface area (Å²) in [5.74, 6) is -0.156. The lowest BCUT2D eigenvalue weighted by atomic mass is 10.1. The number of nitrogens with zero attached hydrogens (tertiary/aromatic N) is 1. The van der Waals surface area contributed by atoms with E-state index < -0.39 is 0 Å². The number of rotatable bonds is 2. The molecule has 0 saturated carbocycles. The minimum absolute atomic E-state index is 0.00818. The third-order valence-corrected chi connectivity index (χ3v) is 3.04. The van der Waals surface area contributed by atoms with Gasteiger partial charge in [-0.15, -0.1) is 0 Å². The molecule has 0 aromatic heterocycles. The second kappa shape index (κ2) is 5.20. The van der Waals surface area contributed by atoms with Crippen LogP contribution in [0.25, 0.3) is 0 Å². The first-order chi connectivity index (χ1) is 8.99. The van der Waals surface area contributed by atoms with E-state index in [-0.39, 0.29) is 22.4 Å². The second-order valence-corrected chi connectivity index (χ2v) is 4.45. The van der Waals surface area contributed by atoms with Gasteiger partial charge in [-0.2, -0.15) is 0 Å². The smallest absolute Gasteiger partial charge is 0.259 e. The molecule has 0 aliphatic carbocycles. The summed E-state index contributed by atoms with van der Waals surface area (Å²) in [4.78, 5) is 13.7. The van der Waals surface area contributed by atoms with Crippen LogP contribution < -0.4 is 4.90 Å². The zero-order valence-electron chi connectivity index (χ0n) is 10.2. The molecule has 2 N–H and O–H groups in total. The fourth-order valence-corrected chi connectivity index (χ4v) is 1.91. The van der Waals surface area contributed by atoms with E-state index in [9.17, 15) is 15.0 Å². The van der Waals surface area contributed by atoms with E-state index in [2.05, 4.69) is 0 Å². The van der Waals surface area contributed by atoms with Gasteiger partial charge < -0.3 is 15.1 Å². The second-order valence-electron chi connectivity index (χ2n) is 4.04. The van der Waals surface area contributed by atoms with Crippen LogP contribution in [0.3, 0.4) is 0 Å². The molecule has 1 amide bonds. The van der Waals surface area contributed by atoms with Crippen LogP contribution in [0.5, 0.6) is 11.5 Å². The molecule has 0 fully saturated rings. The monoisotopic (exact) mass is 277 g/mol. The molecule has 19 heavy (non-hydrogen) atoms. The van der Waals surface area contributed by atoms with Crippen LogP contribution in [0.4, 0.5) is 5.69 Å². The zero-order chi connectivity index (χ0) is 14.0. The molecular formula is C14H12ClNO3. The summed E-state index contributed by atoms with van der Waals surface area (Å²) in [6.45, 7) is 0. The number of phenolic OH excluding ortho intramolecular Hbond substituents is 2. The van der Waals surface area contributed by atoms with Crippen molar-refractivity contribution in [1.82, 2.24) is 0 Å². The third kappa shape index (κ3) is 2.80. The zero-order valence-corrected chi connectivity index (χ0v) is 10.9. The van der Waals surface area contributed by atoms with Gasteiger partial charge in [0.15, 0.2) is 0 Å². The van der Waals surface area contributed by atoms with Crippen molar-refractivity contribution in [1.29, 1.82) is 0 Å². The lowest BCUT2D eigenvalue weighted by molar-refractivity contribution is 0.0993. The maximum absolute atomic E-state index is 12.3. The van der Waals surface area contributed by atoms with Crippen molar-refractivity contribution < 1.29 is 15.0 Å². The van der Waals surface area contributed by atoms with Gasteiger partial charge in [0.25, 0.3) is 5.91 Å². The number of amides is 1. The quantitative estimate of drug-likeness (QED) is 0.887. The predicted molar refractivity (Wildman–Crippen MR) is 74.0 cm³/mol. The van der Waals surface area contributed by atoms with Crippen molar-refractivity contribution in [2.45, 2.75) is 0 Å². The van der Waals surface area contributed by atoms with E-state index in [1.54, 1.807) is 19.2 Å². The first kappa shape index (κ1) is 13.2. The van der Waals surface area contributed by atoms with Crippen molar-refractivity contribution >= 4 is 23.2 Å². The van der Waals surface area contributed by atoms with Crippen molar-refractivity contribution in [3.63, 3.8) is 0 Å². The molecule has 0 spiro atoms. The molecule has 98 valence electrons. The van der Waals surface area contributed by atoms with Crippen LogP contribution in [-0.2, 0) is 0 Å². The Labute approximate surface area is 115 Å². The Morgan fingerprint density at radius 1 is 1.05 bits per heavy atom. The molecule has 0 aliphatic heterocycles. The van der Waals surface area contributed by atoms with Crippen LogP contribution in [0.2, 0.25) is 5.02 Å². The highest BCUT2D eigenvalue weighted by Gasteiger charge is 2.16. The van der Waals surface area contributed by atoms with Crippen molar-refractivity contribution in [2.24, 2.45) is 0 Å². The van der Waals surface area contributed by atoms with Crippen LogP contribution >= 0.6 is 11.6 Å². The van der Waals surface area contributed by atoms with Gasteiger partial charge in [-0.05, 0) is 42.5 Å². The first-order valence-corrected chi connectivity index (χ1v) is 5.92. The molecule has 0 heterocycles. The summed E-state index contributed by atoms with van der Waals surface area (Å²) in [7, 11) is 1.61. The van der Waals surface area contributed by atoms with E-state index in [4.69, 9.17) is 11.6 Å². The van der Waals surface area contributed by atoms with Gasteiger partial charge in [0, 0.05) is 12.7 Å². The summed E-state index contributed by atoms with van der Waals surface area (Å²) in [6, 6.07) is 10.4. The van der Waals surface area contributed by atoms with Crippen LogP contribution in [0.1, 0.15) is 10.4 Å². The summed E-state index contributed by atoms with van der Waals surface area (Å²) in [6.07, 6.45) is 0. The molecule has 0 unspecified atom stereocenters. The van der Waals surface area contributed by atoms with Gasteiger partial charge in [0.05, 0.1) is 10.6 Å². The summed E-state index contributed by atoms with van der Waals surface area (Å²) >= 11 is 5.93.